The van der Waals surface area contributed by atoms with Gasteiger partial charge in [-0.25, -0.2) is 4.98 Å². The Morgan fingerprint density at radius 3 is 1.74 bits per heavy atom. The second-order valence-electron chi connectivity index (χ2n) is 7.99. The van der Waals surface area contributed by atoms with Crippen molar-refractivity contribution in [2.24, 2.45) is 0 Å². The fraction of sp³-hybridized carbons (Fsp3) is 0.222. The van der Waals surface area contributed by atoms with Gasteiger partial charge in [0.25, 0.3) is 0 Å². The van der Waals surface area contributed by atoms with E-state index < -0.39 is 0 Å². The maximum absolute atomic E-state index is 12.7. The van der Waals surface area contributed by atoms with Crippen molar-refractivity contribution in [1.29, 1.82) is 0 Å². The highest BCUT2D eigenvalue weighted by molar-refractivity contribution is 7.22. The standard InChI is InChI=1S/C27H28N4O2S/c32-25(28-17-15-21-9-3-1-4-10-21)19-31(27-30-23-13-7-8-14-24(23)34-27)20-26(33)29-18-16-22-11-5-2-6-12-22/h1-14H,15-20H2,(H,28,32)(H,29,33). The van der Waals surface area contributed by atoms with E-state index in [9.17, 15) is 9.59 Å². The van der Waals surface area contributed by atoms with Crippen molar-refractivity contribution in [3.05, 3.63) is 96.1 Å². The molecule has 0 aliphatic heterocycles. The van der Waals surface area contributed by atoms with Crippen molar-refractivity contribution in [2.75, 3.05) is 31.1 Å². The van der Waals surface area contributed by atoms with E-state index in [0.29, 0.717) is 18.2 Å². The molecule has 4 aromatic rings. The van der Waals surface area contributed by atoms with Gasteiger partial charge in [-0.05, 0) is 36.1 Å². The Labute approximate surface area is 203 Å². The molecule has 0 aliphatic carbocycles. The summed E-state index contributed by atoms with van der Waals surface area (Å²) in [5.74, 6) is -0.264. The Morgan fingerprint density at radius 2 is 1.21 bits per heavy atom. The van der Waals surface area contributed by atoms with Gasteiger partial charge < -0.3 is 15.5 Å². The molecule has 174 valence electrons. The smallest absolute Gasteiger partial charge is 0.239 e. The second-order valence-corrected chi connectivity index (χ2v) is 9.00. The van der Waals surface area contributed by atoms with Gasteiger partial charge in [-0.2, -0.15) is 0 Å². The molecular weight excluding hydrogens is 444 g/mol. The zero-order chi connectivity index (χ0) is 23.6. The van der Waals surface area contributed by atoms with Crippen LogP contribution in [0.25, 0.3) is 10.2 Å². The van der Waals surface area contributed by atoms with Crippen LogP contribution in [0, 0.1) is 0 Å². The molecule has 0 unspecified atom stereocenters. The summed E-state index contributed by atoms with van der Waals surface area (Å²) in [6.45, 7) is 1.22. The summed E-state index contributed by atoms with van der Waals surface area (Å²) < 4.78 is 1.02. The van der Waals surface area contributed by atoms with Crippen LogP contribution >= 0.6 is 11.3 Å². The Morgan fingerprint density at radius 1 is 0.706 bits per heavy atom. The molecule has 3 aromatic carbocycles. The van der Waals surface area contributed by atoms with Crippen molar-refractivity contribution in [3.8, 4) is 0 Å². The van der Waals surface area contributed by atoms with Crippen LogP contribution in [0.4, 0.5) is 5.13 Å². The van der Waals surface area contributed by atoms with Gasteiger partial charge in [0.2, 0.25) is 11.8 Å². The molecule has 0 aliphatic rings. The number of hydrogen-bond donors (Lipinski definition) is 2. The van der Waals surface area contributed by atoms with Crippen molar-refractivity contribution in [1.82, 2.24) is 15.6 Å². The van der Waals surface area contributed by atoms with Crippen LogP contribution in [0.2, 0.25) is 0 Å². The van der Waals surface area contributed by atoms with E-state index >= 15 is 0 Å². The van der Waals surface area contributed by atoms with Gasteiger partial charge in [0, 0.05) is 13.1 Å². The number of amides is 2. The summed E-state index contributed by atoms with van der Waals surface area (Å²) >= 11 is 1.49. The zero-order valence-corrected chi connectivity index (χ0v) is 19.8. The number of benzene rings is 3. The molecule has 0 saturated carbocycles. The first-order chi connectivity index (χ1) is 16.7. The minimum absolute atomic E-state index is 0.0702. The van der Waals surface area contributed by atoms with Crippen LogP contribution < -0.4 is 15.5 Å². The first-order valence-electron chi connectivity index (χ1n) is 11.4. The minimum atomic E-state index is -0.132. The second kappa shape index (κ2) is 12.0. The highest BCUT2D eigenvalue weighted by atomic mass is 32.1. The van der Waals surface area contributed by atoms with E-state index in [-0.39, 0.29) is 24.9 Å². The number of aromatic nitrogens is 1. The maximum Gasteiger partial charge on any atom is 0.239 e. The number of thiazole rings is 1. The molecule has 0 atom stereocenters. The zero-order valence-electron chi connectivity index (χ0n) is 18.9. The van der Waals surface area contributed by atoms with Crippen LogP contribution in [0.5, 0.6) is 0 Å². The van der Waals surface area contributed by atoms with Gasteiger partial charge in [-0.1, -0.05) is 84.1 Å². The van der Waals surface area contributed by atoms with Gasteiger partial charge in [0.15, 0.2) is 5.13 Å². The first-order valence-corrected chi connectivity index (χ1v) is 12.2. The lowest BCUT2D eigenvalue weighted by Gasteiger charge is -2.21. The largest absolute Gasteiger partial charge is 0.354 e. The fourth-order valence-corrected chi connectivity index (χ4v) is 4.59. The first kappa shape index (κ1) is 23.4. The van der Waals surface area contributed by atoms with Gasteiger partial charge in [0.1, 0.15) is 0 Å². The third kappa shape index (κ3) is 6.89. The number of fused-ring (bicyclic) bond motifs is 1. The third-order valence-electron chi connectivity index (χ3n) is 5.38. The number of carbonyl (C=O) groups is 2. The van der Waals surface area contributed by atoms with Crippen LogP contribution in [-0.2, 0) is 22.4 Å². The Hall–Kier alpha value is -3.71. The molecule has 2 amide bonds. The molecule has 0 saturated heterocycles. The average Bonchev–Trinajstić information content (AvgIpc) is 3.29. The maximum atomic E-state index is 12.7. The van der Waals surface area contributed by atoms with Crippen molar-refractivity contribution in [2.45, 2.75) is 12.8 Å². The van der Waals surface area contributed by atoms with E-state index in [2.05, 4.69) is 15.6 Å². The Kier molecular flexibility index (Phi) is 8.24. The lowest BCUT2D eigenvalue weighted by Crippen LogP contribution is -2.43. The molecule has 7 heteroatoms. The highest BCUT2D eigenvalue weighted by Gasteiger charge is 2.19. The lowest BCUT2D eigenvalue weighted by atomic mass is 10.1. The number of nitrogens with zero attached hydrogens (tertiary/aromatic N) is 2. The van der Waals surface area contributed by atoms with Gasteiger partial charge >= 0.3 is 0 Å². The number of para-hydroxylation sites is 1. The normalized spacial score (nSPS) is 10.7. The molecule has 1 heterocycles. The topological polar surface area (TPSA) is 74.3 Å². The van der Waals surface area contributed by atoms with Crippen molar-refractivity contribution >= 4 is 38.5 Å². The molecule has 0 bridgehead atoms. The third-order valence-corrected chi connectivity index (χ3v) is 6.48. The molecule has 6 nitrogen and oxygen atoms in total. The Bertz CT molecular complexity index is 1120. The summed E-state index contributed by atoms with van der Waals surface area (Å²) in [6, 6.07) is 27.9. The summed E-state index contributed by atoms with van der Waals surface area (Å²) in [4.78, 5) is 31.8. The molecule has 34 heavy (non-hydrogen) atoms. The predicted octanol–water partition coefficient (Wildman–Crippen LogP) is 3.82. The quantitative estimate of drug-likeness (QED) is 0.348. The van der Waals surface area contributed by atoms with E-state index in [0.717, 1.165) is 23.1 Å². The molecule has 2 N–H and O–H groups in total. The van der Waals surface area contributed by atoms with E-state index in [4.69, 9.17) is 0 Å². The highest BCUT2D eigenvalue weighted by Crippen LogP contribution is 2.28. The monoisotopic (exact) mass is 472 g/mol. The average molecular weight is 473 g/mol. The van der Waals surface area contributed by atoms with Crippen LogP contribution in [0.3, 0.4) is 0 Å². The van der Waals surface area contributed by atoms with Crippen molar-refractivity contribution in [3.63, 3.8) is 0 Å². The fourth-order valence-electron chi connectivity index (χ4n) is 3.63. The molecule has 4 rings (SSSR count). The molecule has 0 fully saturated rings. The van der Waals surface area contributed by atoms with Crippen LogP contribution in [-0.4, -0.2) is 43.0 Å². The van der Waals surface area contributed by atoms with Gasteiger partial charge in [-0.15, -0.1) is 0 Å². The van der Waals surface area contributed by atoms with E-state index in [1.54, 1.807) is 4.90 Å². The minimum Gasteiger partial charge on any atom is -0.354 e. The number of rotatable bonds is 11. The van der Waals surface area contributed by atoms with E-state index in [1.807, 2.05) is 84.9 Å². The molecule has 0 radical (unpaired) electrons. The predicted molar refractivity (Wildman–Crippen MR) is 138 cm³/mol. The Balaban J connectivity index is 1.36. The summed E-state index contributed by atoms with van der Waals surface area (Å²) in [7, 11) is 0. The number of anilines is 1. The van der Waals surface area contributed by atoms with Crippen LogP contribution in [0.15, 0.2) is 84.9 Å². The number of nitrogens with one attached hydrogen (secondary N) is 2. The number of carbonyl (C=O) groups excluding carboxylic acids is 2. The molecular formula is C27H28N4O2S. The SMILES string of the molecule is O=C(CN(CC(=O)NCCc1ccccc1)c1nc2ccccc2s1)NCCc1ccccc1. The van der Waals surface area contributed by atoms with Crippen LogP contribution in [0.1, 0.15) is 11.1 Å². The molecule has 1 aromatic heterocycles. The van der Waals surface area contributed by atoms with Gasteiger partial charge in [-0.3, -0.25) is 9.59 Å². The summed E-state index contributed by atoms with van der Waals surface area (Å²) in [5.41, 5.74) is 3.20. The number of hydrogen-bond acceptors (Lipinski definition) is 5. The van der Waals surface area contributed by atoms with Crippen molar-refractivity contribution < 1.29 is 9.59 Å². The lowest BCUT2D eigenvalue weighted by molar-refractivity contribution is -0.120. The summed E-state index contributed by atoms with van der Waals surface area (Å²) in [5, 5.41) is 6.60. The van der Waals surface area contributed by atoms with Gasteiger partial charge in [0.05, 0.1) is 23.3 Å². The molecule has 0 spiro atoms. The van der Waals surface area contributed by atoms with E-state index in [1.165, 1.54) is 22.5 Å². The summed E-state index contributed by atoms with van der Waals surface area (Å²) in [6.07, 6.45) is 1.52.